The fraction of sp³-hybridized carbons (Fsp3) is 0.615. The van der Waals surface area contributed by atoms with Gasteiger partial charge in [0.1, 0.15) is 5.82 Å². The van der Waals surface area contributed by atoms with Crippen LogP contribution in [-0.2, 0) is 4.79 Å². The first-order valence-electron chi connectivity index (χ1n) is 6.92. The summed E-state index contributed by atoms with van der Waals surface area (Å²) in [7, 11) is 0. The number of rotatable bonds is 4. The van der Waals surface area contributed by atoms with Crippen LogP contribution in [0.1, 0.15) is 12.1 Å². The first-order valence-corrected chi connectivity index (χ1v) is 6.92. The van der Waals surface area contributed by atoms with Crippen LogP contribution in [0.2, 0.25) is 0 Å². The highest BCUT2D eigenvalue weighted by Gasteiger charge is 2.22. The number of hydrogen-bond donors (Lipinski definition) is 3. The summed E-state index contributed by atoms with van der Waals surface area (Å²) in [6.45, 7) is 4.52. The Bertz CT molecular complexity index is 490. The molecule has 1 aromatic heterocycles. The zero-order valence-corrected chi connectivity index (χ0v) is 12.1. The number of aliphatic hydroxyl groups is 1. The second kappa shape index (κ2) is 6.68. The molecule has 1 aliphatic rings. The van der Waals surface area contributed by atoms with E-state index in [0.29, 0.717) is 38.5 Å². The largest absolute Gasteiger partial charge is 0.481 e. The number of aliphatic carboxylic acids is 1. The highest BCUT2D eigenvalue weighted by atomic mass is 16.4. The first-order chi connectivity index (χ1) is 9.94. The number of anilines is 2. The Morgan fingerprint density at radius 3 is 2.86 bits per heavy atom. The van der Waals surface area contributed by atoms with Crippen LogP contribution in [0.3, 0.4) is 0 Å². The van der Waals surface area contributed by atoms with Crippen molar-refractivity contribution in [3.05, 3.63) is 11.8 Å². The molecule has 0 radical (unpaired) electrons. The normalized spacial score (nSPS) is 20.3. The van der Waals surface area contributed by atoms with Crippen molar-refractivity contribution in [2.24, 2.45) is 0 Å². The third kappa shape index (κ3) is 4.54. The molecule has 1 aromatic rings. The van der Waals surface area contributed by atoms with Crippen LogP contribution in [0, 0.1) is 6.92 Å². The van der Waals surface area contributed by atoms with Crippen LogP contribution in [0.5, 0.6) is 0 Å². The van der Waals surface area contributed by atoms with Crippen molar-refractivity contribution < 1.29 is 15.0 Å². The lowest BCUT2D eigenvalue weighted by atomic mass is 10.3. The molecule has 116 valence electrons. The molecule has 0 bridgehead atoms. The monoisotopic (exact) mass is 295 g/mol. The highest BCUT2D eigenvalue weighted by molar-refractivity contribution is 5.66. The minimum atomic E-state index is -0.829. The molecule has 4 N–H and O–H groups in total. The lowest BCUT2D eigenvalue weighted by Crippen LogP contribution is -2.34. The predicted octanol–water partition coefficient (Wildman–Crippen LogP) is -0.675. The Hall–Kier alpha value is -1.93. The van der Waals surface area contributed by atoms with E-state index in [1.807, 2.05) is 22.8 Å². The summed E-state index contributed by atoms with van der Waals surface area (Å²) in [4.78, 5) is 22.8. The molecule has 1 aliphatic heterocycles. The standard InChI is InChI=1S/C13H21N5O3/c1-9-6-11(16-13(14)15-9)18-5-4-17(3-2-12(20)21)7-10(19)8-18/h6,10,19H,2-5,7-8H2,1H3,(H,20,21)(H2,14,15,16). The number of nitrogens with two attached hydrogens (primary N) is 1. The van der Waals surface area contributed by atoms with E-state index >= 15 is 0 Å². The van der Waals surface area contributed by atoms with Gasteiger partial charge in [-0.05, 0) is 6.92 Å². The van der Waals surface area contributed by atoms with E-state index in [9.17, 15) is 9.90 Å². The number of β-amino-alcohol motifs (C(OH)–C–C–N with tert-alkyl or cyclic N) is 1. The molecule has 8 heteroatoms. The fourth-order valence-electron chi connectivity index (χ4n) is 2.46. The Morgan fingerprint density at radius 1 is 1.43 bits per heavy atom. The van der Waals surface area contributed by atoms with Gasteiger partial charge in [0.25, 0.3) is 0 Å². The molecule has 0 aliphatic carbocycles. The molecule has 21 heavy (non-hydrogen) atoms. The summed E-state index contributed by atoms with van der Waals surface area (Å²) in [5, 5.41) is 18.8. The smallest absolute Gasteiger partial charge is 0.304 e. The van der Waals surface area contributed by atoms with E-state index in [4.69, 9.17) is 10.8 Å². The summed E-state index contributed by atoms with van der Waals surface area (Å²) >= 11 is 0. The van der Waals surface area contributed by atoms with Crippen LogP contribution >= 0.6 is 0 Å². The number of hydrogen-bond acceptors (Lipinski definition) is 7. The molecule has 8 nitrogen and oxygen atoms in total. The van der Waals surface area contributed by atoms with E-state index in [0.717, 1.165) is 5.69 Å². The van der Waals surface area contributed by atoms with Crippen LogP contribution in [0.25, 0.3) is 0 Å². The fourth-order valence-corrected chi connectivity index (χ4v) is 2.46. The lowest BCUT2D eigenvalue weighted by molar-refractivity contribution is -0.137. The van der Waals surface area contributed by atoms with Gasteiger partial charge in [-0.3, -0.25) is 9.69 Å². The van der Waals surface area contributed by atoms with Gasteiger partial charge in [-0.15, -0.1) is 0 Å². The van der Waals surface area contributed by atoms with Gasteiger partial charge in [0.05, 0.1) is 12.5 Å². The summed E-state index contributed by atoms with van der Waals surface area (Å²) < 4.78 is 0. The van der Waals surface area contributed by atoms with Crippen molar-refractivity contribution in [2.75, 3.05) is 43.4 Å². The van der Waals surface area contributed by atoms with Crippen molar-refractivity contribution in [2.45, 2.75) is 19.4 Å². The number of aliphatic hydroxyl groups excluding tert-OH is 1. The molecule has 2 heterocycles. The maximum Gasteiger partial charge on any atom is 0.304 e. The Labute approximate surface area is 123 Å². The van der Waals surface area contributed by atoms with Crippen LogP contribution in [0.4, 0.5) is 11.8 Å². The van der Waals surface area contributed by atoms with Gasteiger partial charge in [0, 0.05) is 44.5 Å². The highest BCUT2D eigenvalue weighted by Crippen LogP contribution is 2.16. The van der Waals surface area contributed by atoms with Crippen molar-refractivity contribution >= 4 is 17.7 Å². The van der Waals surface area contributed by atoms with Gasteiger partial charge in [0.2, 0.25) is 5.95 Å². The number of nitrogens with zero attached hydrogens (tertiary/aromatic N) is 4. The molecule has 2 rings (SSSR count). The molecule has 1 saturated heterocycles. The second-order valence-electron chi connectivity index (χ2n) is 5.27. The zero-order chi connectivity index (χ0) is 15.4. The first kappa shape index (κ1) is 15.5. The van der Waals surface area contributed by atoms with Gasteiger partial charge in [-0.25, -0.2) is 4.98 Å². The molecular formula is C13H21N5O3. The van der Waals surface area contributed by atoms with Crippen LogP contribution in [-0.4, -0.2) is 69.9 Å². The third-order valence-corrected chi connectivity index (χ3v) is 3.41. The Kier molecular flexibility index (Phi) is 4.92. The van der Waals surface area contributed by atoms with E-state index in [-0.39, 0.29) is 12.4 Å². The van der Waals surface area contributed by atoms with Crippen molar-refractivity contribution in [3.8, 4) is 0 Å². The number of carbonyl (C=O) groups is 1. The Morgan fingerprint density at radius 2 is 2.19 bits per heavy atom. The third-order valence-electron chi connectivity index (χ3n) is 3.41. The lowest BCUT2D eigenvalue weighted by Gasteiger charge is -2.23. The van der Waals surface area contributed by atoms with E-state index in [1.165, 1.54) is 0 Å². The molecule has 1 unspecified atom stereocenters. The predicted molar refractivity (Wildman–Crippen MR) is 78.1 cm³/mol. The minimum absolute atomic E-state index is 0.0757. The van der Waals surface area contributed by atoms with Crippen LogP contribution < -0.4 is 10.6 Å². The van der Waals surface area contributed by atoms with E-state index in [2.05, 4.69) is 9.97 Å². The van der Waals surface area contributed by atoms with Gasteiger partial charge < -0.3 is 20.8 Å². The van der Waals surface area contributed by atoms with Crippen molar-refractivity contribution in [1.29, 1.82) is 0 Å². The molecule has 0 spiro atoms. The molecule has 0 amide bonds. The van der Waals surface area contributed by atoms with Gasteiger partial charge in [-0.1, -0.05) is 0 Å². The van der Waals surface area contributed by atoms with Gasteiger partial charge in [0.15, 0.2) is 0 Å². The van der Waals surface area contributed by atoms with E-state index in [1.54, 1.807) is 0 Å². The number of carboxylic acids is 1. The zero-order valence-electron chi connectivity index (χ0n) is 12.1. The summed E-state index contributed by atoms with van der Waals surface area (Å²) in [5.41, 5.74) is 6.44. The van der Waals surface area contributed by atoms with Crippen LogP contribution in [0.15, 0.2) is 6.07 Å². The number of aromatic nitrogens is 2. The maximum absolute atomic E-state index is 10.6. The molecule has 1 atom stereocenters. The number of nitrogen functional groups attached to an aromatic ring is 1. The SMILES string of the molecule is Cc1cc(N2CCN(CCC(=O)O)CC(O)C2)nc(N)n1. The number of aryl methyl sites for hydroxylation is 1. The maximum atomic E-state index is 10.6. The average molecular weight is 295 g/mol. The summed E-state index contributed by atoms with van der Waals surface area (Å²) in [6.07, 6.45) is -0.482. The molecule has 1 fully saturated rings. The van der Waals surface area contributed by atoms with Crippen molar-refractivity contribution in [3.63, 3.8) is 0 Å². The molecular weight excluding hydrogens is 274 g/mol. The minimum Gasteiger partial charge on any atom is -0.481 e. The van der Waals surface area contributed by atoms with Gasteiger partial charge >= 0.3 is 5.97 Å². The quantitative estimate of drug-likeness (QED) is 0.669. The summed E-state index contributed by atoms with van der Waals surface area (Å²) in [5.74, 6) is 0.0791. The topological polar surface area (TPSA) is 116 Å². The summed E-state index contributed by atoms with van der Waals surface area (Å²) in [6, 6.07) is 1.83. The van der Waals surface area contributed by atoms with E-state index < -0.39 is 12.1 Å². The van der Waals surface area contributed by atoms with Crippen molar-refractivity contribution in [1.82, 2.24) is 14.9 Å². The Balaban J connectivity index is 2.04. The average Bonchev–Trinajstić information content (AvgIpc) is 2.57. The molecule has 0 saturated carbocycles. The number of carboxylic acid groups (broad SMARTS) is 1. The van der Waals surface area contributed by atoms with Gasteiger partial charge in [-0.2, -0.15) is 4.98 Å². The molecule has 0 aromatic carbocycles. The second-order valence-corrected chi connectivity index (χ2v) is 5.27.